The monoisotopic (exact) mass is 227 g/mol. The number of ether oxygens (including phenoxy) is 1. The molecule has 2 nitrogen and oxygen atoms in total. The minimum absolute atomic E-state index is 0.376. The Labute approximate surface area is 101 Å². The van der Waals surface area contributed by atoms with Crippen LogP contribution in [0.4, 0.5) is 0 Å². The third kappa shape index (κ3) is 3.74. The fourth-order valence-corrected chi connectivity index (χ4v) is 2.61. The van der Waals surface area contributed by atoms with Gasteiger partial charge in [0.05, 0.1) is 6.10 Å². The molecule has 2 heteroatoms. The van der Waals surface area contributed by atoms with Crippen molar-refractivity contribution in [2.45, 2.75) is 66.0 Å². The molecule has 2 unspecified atom stereocenters. The maximum absolute atomic E-state index is 6.06. The molecule has 1 N–H and O–H groups in total. The Balaban J connectivity index is 2.38. The molecule has 16 heavy (non-hydrogen) atoms. The maximum atomic E-state index is 6.06. The van der Waals surface area contributed by atoms with Crippen molar-refractivity contribution in [1.29, 1.82) is 0 Å². The second kappa shape index (κ2) is 5.05. The lowest BCUT2D eigenvalue weighted by molar-refractivity contribution is 0.0166. The zero-order valence-electron chi connectivity index (χ0n) is 11.9. The highest BCUT2D eigenvalue weighted by Crippen LogP contribution is 2.39. The van der Waals surface area contributed by atoms with Crippen molar-refractivity contribution in [2.75, 3.05) is 13.7 Å². The molecule has 0 aromatic rings. The van der Waals surface area contributed by atoms with Gasteiger partial charge < -0.3 is 10.1 Å². The zero-order chi connectivity index (χ0) is 12.4. The third-order valence-electron chi connectivity index (χ3n) is 3.78. The number of likely N-dealkylation sites (N-methyl/N-ethyl adjacent to an activating group) is 1. The van der Waals surface area contributed by atoms with Crippen molar-refractivity contribution in [3.63, 3.8) is 0 Å². The Morgan fingerprint density at radius 3 is 2.44 bits per heavy atom. The molecule has 0 aliphatic heterocycles. The lowest BCUT2D eigenvalue weighted by Crippen LogP contribution is -2.43. The van der Waals surface area contributed by atoms with E-state index in [1.165, 1.54) is 12.8 Å². The topological polar surface area (TPSA) is 21.3 Å². The summed E-state index contributed by atoms with van der Waals surface area (Å²) in [5.74, 6) is 0. The molecule has 0 heterocycles. The van der Waals surface area contributed by atoms with Gasteiger partial charge in [-0.25, -0.2) is 0 Å². The van der Waals surface area contributed by atoms with Crippen molar-refractivity contribution in [3.05, 3.63) is 0 Å². The van der Waals surface area contributed by atoms with E-state index in [9.17, 15) is 0 Å². The smallest absolute Gasteiger partial charge is 0.0733 e. The van der Waals surface area contributed by atoms with Gasteiger partial charge in [0.15, 0.2) is 0 Å². The van der Waals surface area contributed by atoms with Gasteiger partial charge in [-0.2, -0.15) is 0 Å². The Hall–Kier alpha value is -0.0800. The Morgan fingerprint density at radius 2 is 1.94 bits per heavy atom. The van der Waals surface area contributed by atoms with Crippen molar-refractivity contribution in [2.24, 2.45) is 10.8 Å². The van der Waals surface area contributed by atoms with Crippen molar-refractivity contribution in [3.8, 4) is 0 Å². The van der Waals surface area contributed by atoms with Crippen LogP contribution in [0.5, 0.6) is 0 Å². The molecule has 0 saturated heterocycles. The summed E-state index contributed by atoms with van der Waals surface area (Å²) in [7, 11) is 2.05. The highest BCUT2D eigenvalue weighted by Gasteiger charge is 2.41. The first-order valence-corrected chi connectivity index (χ1v) is 6.55. The summed E-state index contributed by atoms with van der Waals surface area (Å²) in [4.78, 5) is 0. The lowest BCUT2D eigenvalue weighted by atomic mass is 9.87. The van der Waals surface area contributed by atoms with Gasteiger partial charge in [-0.3, -0.25) is 0 Å². The summed E-state index contributed by atoms with van der Waals surface area (Å²) >= 11 is 0. The first kappa shape index (κ1) is 14.0. The number of hydrogen-bond acceptors (Lipinski definition) is 2. The maximum Gasteiger partial charge on any atom is 0.0733 e. The van der Waals surface area contributed by atoms with Crippen LogP contribution in [0.2, 0.25) is 0 Å². The number of hydrogen-bond donors (Lipinski definition) is 1. The van der Waals surface area contributed by atoms with E-state index >= 15 is 0 Å². The van der Waals surface area contributed by atoms with E-state index in [1.807, 2.05) is 0 Å². The minimum atomic E-state index is 0.376. The van der Waals surface area contributed by atoms with Crippen LogP contribution in [0.3, 0.4) is 0 Å². The SMILES string of the molecule is CNC1C(OCCC(C)(C)C)CCC1(C)C. The van der Waals surface area contributed by atoms with E-state index in [4.69, 9.17) is 4.74 Å². The van der Waals surface area contributed by atoms with Crippen LogP contribution < -0.4 is 5.32 Å². The van der Waals surface area contributed by atoms with Crippen LogP contribution in [0.1, 0.15) is 53.9 Å². The molecule has 0 amide bonds. The van der Waals surface area contributed by atoms with Crippen LogP contribution in [0, 0.1) is 10.8 Å². The molecule has 1 aliphatic rings. The normalized spacial score (nSPS) is 29.6. The van der Waals surface area contributed by atoms with Crippen LogP contribution in [-0.4, -0.2) is 25.8 Å². The molecule has 1 aliphatic carbocycles. The first-order valence-electron chi connectivity index (χ1n) is 6.55. The number of rotatable bonds is 4. The largest absolute Gasteiger partial charge is 0.377 e. The summed E-state index contributed by atoms with van der Waals surface area (Å²) in [6.07, 6.45) is 4.00. The molecule has 1 rings (SSSR count). The standard InChI is InChI=1S/C14H29NO/c1-13(2,3)9-10-16-11-7-8-14(4,5)12(11)15-6/h11-12,15H,7-10H2,1-6H3. The zero-order valence-corrected chi connectivity index (χ0v) is 11.9. The van der Waals surface area contributed by atoms with E-state index in [0.29, 0.717) is 23.0 Å². The molecule has 96 valence electrons. The van der Waals surface area contributed by atoms with Crippen LogP contribution >= 0.6 is 0 Å². The van der Waals surface area contributed by atoms with Crippen molar-refractivity contribution < 1.29 is 4.74 Å². The van der Waals surface area contributed by atoms with Crippen LogP contribution in [-0.2, 0) is 4.74 Å². The van der Waals surface area contributed by atoms with Gasteiger partial charge in [0.1, 0.15) is 0 Å². The fourth-order valence-electron chi connectivity index (χ4n) is 2.61. The van der Waals surface area contributed by atoms with Gasteiger partial charge in [-0.15, -0.1) is 0 Å². The summed E-state index contributed by atoms with van der Waals surface area (Å²) in [5, 5.41) is 3.43. The van der Waals surface area contributed by atoms with Gasteiger partial charge >= 0.3 is 0 Å². The summed E-state index contributed by atoms with van der Waals surface area (Å²) in [5.41, 5.74) is 0.754. The van der Waals surface area contributed by atoms with E-state index in [2.05, 4.69) is 47.0 Å². The van der Waals surface area contributed by atoms with Gasteiger partial charge in [0, 0.05) is 12.6 Å². The second-order valence-corrected chi connectivity index (χ2v) is 7.01. The van der Waals surface area contributed by atoms with E-state index in [-0.39, 0.29) is 0 Å². The molecule has 0 aromatic carbocycles. The van der Waals surface area contributed by atoms with E-state index in [0.717, 1.165) is 13.0 Å². The molecule has 1 fully saturated rings. The summed E-state index contributed by atoms with van der Waals surface area (Å²) in [6, 6.07) is 0.507. The predicted molar refractivity (Wildman–Crippen MR) is 69.7 cm³/mol. The summed E-state index contributed by atoms with van der Waals surface area (Å²) < 4.78 is 6.06. The van der Waals surface area contributed by atoms with Crippen LogP contribution in [0.15, 0.2) is 0 Å². The van der Waals surface area contributed by atoms with Crippen LogP contribution in [0.25, 0.3) is 0 Å². The lowest BCUT2D eigenvalue weighted by Gasteiger charge is -2.30. The Morgan fingerprint density at radius 1 is 1.31 bits per heavy atom. The fraction of sp³-hybridized carbons (Fsp3) is 1.00. The highest BCUT2D eigenvalue weighted by atomic mass is 16.5. The highest BCUT2D eigenvalue weighted by molar-refractivity contribution is 4.96. The first-order chi connectivity index (χ1) is 7.26. The van der Waals surface area contributed by atoms with Gasteiger partial charge in [0.25, 0.3) is 0 Å². The quantitative estimate of drug-likeness (QED) is 0.796. The minimum Gasteiger partial charge on any atom is -0.377 e. The average molecular weight is 227 g/mol. The van der Waals surface area contributed by atoms with Gasteiger partial charge in [0.2, 0.25) is 0 Å². The Kier molecular flexibility index (Phi) is 4.42. The van der Waals surface area contributed by atoms with Gasteiger partial charge in [-0.05, 0) is 37.1 Å². The van der Waals surface area contributed by atoms with Crippen molar-refractivity contribution >= 4 is 0 Å². The third-order valence-corrected chi connectivity index (χ3v) is 3.78. The molecule has 2 atom stereocenters. The molecule has 0 radical (unpaired) electrons. The van der Waals surface area contributed by atoms with E-state index < -0.39 is 0 Å². The molecule has 1 saturated carbocycles. The average Bonchev–Trinajstić information content (AvgIpc) is 2.39. The Bertz CT molecular complexity index is 217. The molecule has 0 spiro atoms. The number of nitrogens with one attached hydrogen (secondary N) is 1. The molecule has 0 bridgehead atoms. The molecular weight excluding hydrogens is 198 g/mol. The van der Waals surface area contributed by atoms with Crippen molar-refractivity contribution in [1.82, 2.24) is 5.32 Å². The van der Waals surface area contributed by atoms with Gasteiger partial charge in [-0.1, -0.05) is 34.6 Å². The summed E-state index contributed by atoms with van der Waals surface area (Å²) in [6.45, 7) is 12.4. The molecule has 0 aromatic heterocycles. The van der Waals surface area contributed by atoms with E-state index in [1.54, 1.807) is 0 Å². The second-order valence-electron chi connectivity index (χ2n) is 7.01. The predicted octanol–water partition coefficient (Wildman–Crippen LogP) is 3.22. The molecular formula is C14H29NO.